The molecule has 102 valence electrons. The largest absolute Gasteiger partial charge is 0.385 e. The van der Waals surface area contributed by atoms with Crippen LogP contribution in [0.5, 0.6) is 0 Å². The van der Waals surface area contributed by atoms with Crippen molar-refractivity contribution in [1.82, 2.24) is 9.71 Å². The minimum absolute atomic E-state index is 0.0235. The standard InChI is InChI=1S/C10H16BrN3O3S/c1-7(3-4-17-2)14-18(15,16)9-5-8(11)6-13-10(9)12/h5-7,14H,3-4H2,1-2H3,(H2,12,13). The molecule has 0 saturated carbocycles. The summed E-state index contributed by atoms with van der Waals surface area (Å²) in [6.45, 7) is 2.24. The number of nitrogens with zero attached hydrogens (tertiary/aromatic N) is 1. The van der Waals surface area contributed by atoms with E-state index in [1.54, 1.807) is 14.0 Å². The zero-order valence-electron chi connectivity index (χ0n) is 10.2. The Morgan fingerprint density at radius 1 is 1.61 bits per heavy atom. The predicted molar refractivity (Wildman–Crippen MR) is 72.6 cm³/mol. The van der Waals surface area contributed by atoms with Crippen LogP contribution in [0.1, 0.15) is 13.3 Å². The second kappa shape index (κ2) is 6.46. The van der Waals surface area contributed by atoms with E-state index in [0.29, 0.717) is 17.5 Å². The van der Waals surface area contributed by atoms with Gasteiger partial charge in [0, 0.05) is 30.4 Å². The second-order valence-corrected chi connectivity index (χ2v) is 6.44. The van der Waals surface area contributed by atoms with Crippen molar-refractivity contribution in [2.75, 3.05) is 19.5 Å². The smallest absolute Gasteiger partial charge is 0.244 e. The van der Waals surface area contributed by atoms with E-state index in [1.807, 2.05) is 0 Å². The first-order chi connectivity index (χ1) is 8.36. The van der Waals surface area contributed by atoms with Crippen molar-refractivity contribution in [3.63, 3.8) is 0 Å². The first-order valence-corrected chi connectivity index (χ1v) is 7.56. The normalized spacial score (nSPS) is 13.5. The van der Waals surface area contributed by atoms with Crippen LogP contribution < -0.4 is 10.5 Å². The van der Waals surface area contributed by atoms with Crippen LogP contribution in [0, 0.1) is 0 Å². The average Bonchev–Trinajstić information content (AvgIpc) is 2.29. The Morgan fingerprint density at radius 2 is 2.28 bits per heavy atom. The Kier molecular flexibility index (Phi) is 5.51. The van der Waals surface area contributed by atoms with Crippen LogP contribution in [0.25, 0.3) is 0 Å². The Morgan fingerprint density at radius 3 is 2.89 bits per heavy atom. The molecule has 0 aliphatic heterocycles. The molecule has 0 aliphatic rings. The van der Waals surface area contributed by atoms with Crippen molar-refractivity contribution in [2.45, 2.75) is 24.3 Å². The van der Waals surface area contributed by atoms with Gasteiger partial charge in [0.1, 0.15) is 10.7 Å². The van der Waals surface area contributed by atoms with Gasteiger partial charge in [0.05, 0.1) is 0 Å². The molecule has 18 heavy (non-hydrogen) atoms. The van der Waals surface area contributed by atoms with E-state index in [9.17, 15) is 8.42 Å². The summed E-state index contributed by atoms with van der Waals surface area (Å²) in [7, 11) is -2.10. The summed E-state index contributed by atoms with van der Waals surface area (Å²) >= 11 is 3.17. The average molecular weight is 338 g/mol. The summed E-state index contributed by atoms with van der Waals surface area (Å²) in [4.78, 5) is 3.77. The van der Waals surface area contributed by atoms with Gasteiger partial charge in [0.2, 0.25) is 10.0 Å². The maximum Gasteiger partial charge on any atom is 0.244 e. The number of rotatable bonds is 6. The van der Waals surface area contributed by atoms with E-state index in [4.69, 9.17) is 10.5 Å². The lowest BCUT2D eigenvalue weighted by Gasteiger charge is -2.14. The number of pyridine rings is 1. The molecule has 1 aromatic heterocycles. The maximum absolute atomic E-state index is 12.1. The number of nitrogens with one attached hydrogen (secondary N) is 1. The number of sulfonamides is 1. The Labute approximate surface area is 115 Å². The molecule has 1 atom stereocenters. The van der Waals surface area contributed by atoms with Crippen LogP contribution in [0.3, 0.4) is 0 Å². The number of anilines is 1. The van der Waals surface area contributed by atoms with Gasteiger partial charge < -0.3 is 10.5 Å². The van der Waals surface area contributed by atoms with Crippen molar-refractivity contribution < 1.29 is 13.2 Å². The Hall–Kier alpha value is -0.700. The number of hydrogen-bond donors (Lipinski definition) is 2. The number of ether oxygens (including phenoxy) is 1. The third-order valence-electron chi connectivity index (χ3n) is 2.25. The third-order valence-corrected chi connectivity index (χ3v) is 4.30. The van der Waals surface area contributed by atoms with Crippen molar-refractivity contribution >= 4 is 31.8 Å². The number of hydrogen-bond acceptors (Lipinski definition) is 5. The van der Waals surface area contributed by atoms with E-state index in [-0.39, 0.29) is 16.8 Å². The fourth-order valence-corrected chi connectivity index (χ4v) is 3.20. The lowest BCUT2D eigenvalue weighted by Crippen LogP contribution is -2.33. The van der Waals surface area contributed by atoms with Gasteiger partial charge in [-0.25, -0.2) is 18.1 Å². The monoisotopic (exact) mass is 337 g/mol. The number of methoxy groups -OCH3 is 1. The van der Waals surface area contributed by atoms with Crippen LogP contribution in [0.4, 0.5) is 5.82 Å². The Bertz CT molecular complexity index is 507. The van der Waals surface area contributed by atoms with Gasteiger partial charge in [0.25, 0.3) is 0 Å². The van der Waals surface area contributed by atoms with E-state index < -0.39 is 10.0 Å². The van der Waals surface area contributed by atoms with Gasteiger partial charge in [-0.1, -0.05) is 0 Å². The zero-order valence-corrected chi connectivity index (χ0v) is 12.6. The first-order valence-electron chi connectivity index (χ1n) is 5.29. The molecule has 1 rings (SSSR count). The lowest BCUT2D eigenvalue weighted by molar-refractivity contribution is 0.188. The molecule has 0 radical (unpaired) electrons. The molecule has 3 N–H and O–H groups in total. The minimum atomic E-state index is -3.67. The van der Waals surface area contributed by atoms with E-state index in [0.717, 1.165) is 0 Å². The lowest BCUT2D eigenvalue weighted by atomic mass is 10.3. The third kappa shape index (κ3) is 4.20. The van der Waals surface area contributed by atoms with Gasteiger partial charge in [-0.15, -0.1) is 0 Å². The highest BCUT2D eigenvalue weighted by molar-refractivity contribution is 9.10. The number of nitrogens with two attached hydrogens (primary N) is 1. The van der Waals surface area contributed by atoms with Crippen molar-refractivity contribution in [3.8, 4) is 0 Å². The highest BCUT2D eigenvalue weighted by Crippen LogP contribution is 2.20. The molecule has 0 aliphatic carbocycles. The SMILES string of the molecule is COCCC(C)NS(=O)(=O)c1cc(Br)cnc1N. The summed E-state index contributed by atoms with van der Waals surface area (Å²) < 4.78 is 32.2. The fraction of sp³-hybridized carbons (Fsp3) is 0.500. The van der Waals surface area contributed by atoms with E-state index >= 15 is 0 Å². The molecular formula is C10H16BrN3O3S. The van der Waals surface area contributed by atoms with Gasteiger partial charge in [0.15, 0.2) is 0 Å². The van der Waals surface area contributed by atoms with Gasteiger partial charge in [-0.2, -0.15) is 0 Å². The minimum Gasteiger partial charge on any atom is -0.385 e. The molecular weight excluding hydrogens is 322 g/mol. The van der Waals surface area contributed by atoms with Crippen LogP contribution in [0.2, 0.25) is 0 Å². The molecule has 6 nitrogen and oxygen atoms in total. The highest BCUT2D eigenvalue weighted by Gasteiger charge is 2.21. The van der Waals surface area contributed by atoms with Crippen LogP contribution in [0.15, 0.2) is 21.6 Å². The summed E-state index contributed by atoms with van der Waals surface area (Å²) in [5.41, 5.74) is 5.58. The second-order valence-electron chi connectivity index (χ2n) is 3.84. The summed E-state index contributed by atoms with van der Waals surface area (Å²) in [6.07, 6.45) is 2.03. The number of aromatic nitrogens is 1. The molecule has 0 fully saturated rings. The quantitative estimate of drug-likeness (QED) is 0.811. The van der Waals surface area contributed by atoms with Crippen molar-refractivity contribution in [2.24, 2.45) is 0 Å². The van der Waals surface area contributed by atoms with E-state index in [2.05, 4.69) is 25.6 Å². The molecule has 0 saturated heterocycles. The van der Waals surface area contributed by atoms with Crippen LogP contribution in [-0.4, -0.2) is 33.2 Å². The molecule has 1 aromatic rings. The highest BCUT2D eigenvalue weighted by atomic mass is 79.9. The van der Waals surface area contributed by atoms with Crippen molar-refractivity contribution in [3.05, 3.63) is 16.7 Å². The predicted octanol–water partition coefficient (Wildman–Crippen LogP) is 1.13. The van der Waals surface area contributed by atoms with Gasteiger partial charge in [-0.3, -0.25) is 0 Å². The van der Waals surface area contributed by atoms with E-state index in [1.165, 1.54) is 12.3 Å². The van der Waals surface area contributed by atoms with Gasteiger partial charge >= 0.3 is 0 Å². The molecule has 1 heterocycles. The number of nitrogen functional groups attached to an aromatic ring is 1. The Balaban J connectivity index is 2.89. The van der Waals surface area contributed by atoms with Crippen LogP contribution in [-0.2, 0) is 14.8 Å². The molecule has 0 aromatic carbocycles. The summed E-state index contributed by atoms with van der Waals surface area (Å²) in [5.74, 6) is -0.0235. The molecule has 0 spiro atoms. The molecule has 0 amide bonds. The topological polar surface area (TPSA) is 94.3 Å². The van der Waals surface area contributed by atoms with Crippen molar-refractivity contribution in [1.29, 1.82) is 0 Å². The fourth-order valence-electron chi connectivity index (χ4n) is 1.33. The molecule has 0 bridgehead atoms. The number of halogens is 1. The summed E-state index contributed by atoms with van der Waals surface area (Å²) in [6, 6.07) is 1.18. The molecule has 1 unspecified atom stereocenters. The first kappa shape index (κ1) is 15.4. The maximum atomic E-state index is 12.1. The zero-order chi connectivity index (χ0) is 13.8. The van der Waals surface area contributed by atoms with Gasteiger partial charge in [-0.05, 0) is 35.3 Å². The molecule has 8 heteroatoms. The van der Waals surface area contributed by atoms with Crippen LogP contribution >= 0.6 is 15.9 Å². The summed E-state index contributed by atoms with van der Waals surface area (Å²) in [5, 5.41) is 0.